The average molecular weight is 1600 g/mol. The smallest absolute Gasteiger partial charge is 0.0775 e. The van der Waals surface area contributed by atoms with Gasteiger partial charge in [0.15, 0.2) is 0 Å². The van der Waals surface area contributed by atoms with Crippen LogP contribution in [0.4, 0.5) is 68.2 Å². The maximum Gasteiger partial charge on any atom is 0.0775 e. The topological polar surface area (TPSA) is 13.0 Å². The molecule has 2 heterocycles. The fourth-order valence-electron chi connectivity index (χ4n) is 19.9. The maximum absolute atomic E-state index is 2.48. The van der Waals surface area contributed by atoms with Crippen LogP contribution in [0.2, 0.25) is 39.3 Å². The summed E-state index contributed by atoms with van der Waals surface area (Å²) >= 11 is 3.99. The number of rotatable bonds is 14. The lowest BCUT2D eigenvalue weighted by Gasteiger charge is -2.31. The highest BCUT2D eigenvalue weighted by molar-refractivity contribution is 7.20. The largest absolute Gasteiger partial charge is 0.310 e. The van der Waals surface area contributed by atoms with E-state index in [1.165, 1.54) is 174 Å². The molecule has 0 bridgehead atoms. The summed E-state index contributed by atoms with van der Waals surface area (Å²) in [5.74, 6) is 0. The molecule has 4 aliphatic carbocycles. The van der Waals surface area contributed by atoms with Crippen molar-refractivity contribution >= 4 is 150 Å². The summed E-state index contributed by atoms with van der Waals surface area (Å²) in [6.07, 6.45) is 0. The van der Waals surface area contributed by atoms with Gasteiger partial charge in [0.25, 0.3) is 0 Å². The molecule has 0 radical (unpaired) electrons. The number of para-hydroxylation sites is 4. The summed E-state index contributed by atoms with van der Waals surface area (Å²) in [6.45, 7) is 34.1. The number of fused-ring (bicyclic) bond motifs is 18. The second-order valence-electron chi connectivity index (χ2n) is 36.9. The van der Waals surface area contributed by atoms with E-state index in [1.54, 1.807) is 0 Å². The van der Waals surface area contributed by atoms with Gasteiger partial charge >= 0.3 is 0 Å². The molecule has 0 aliphatic heterocycles. The second kappa shape index (κ2) is 27.9. The number of anilines is 12. The Morgan fingerprint density at radius 3 is 0.788 bits per heavy atom. The third kappa shape index (κ3) is 12.2. The Morgan fingerprint density at radius 1 is 0.203 bits per heavy atom. The molecule has 4 nitrogen and oxygen atoms in total. The van der Waals surface area contributed by atoms with Crippen molar-refractivity contribution in [3.8, 4) is 41.8 Å². The molecule has 0 spiro atoms. The minimum absolute atomic E-state index is 0.169. The van der Waals surface area contributed by atoms with Crippen LogP contribution in [0.15, 0.2) is 340 Å². The van der Waals surface area contributed by atoms with Gasteiger partial charge in [-0.05, 0) is 245 Å². The summed E-state index contributed by atoms with van der Waals surface area (Å²) in [4.78, 5) is 15.4. The molecular weight excluding hydrogens is 1500 g/mol. The van der Waals surface area contributed by atoms with Crippen molar-refractivity contribution in [1.82, 2.24) is 0 Å². The molecule has 0 saturated heterocycles. The van der Waals surface area contributed by atoms with Gasteiger partial charge < -0.3 is 19.6 Å². The van der Waals surface area contributed by atoms with E-state index in [2.05, 4.69) is 454 Å². The molecule has 2 aromatic heterocycles. The van der Waals surface area contributed by atoms with E-state index in [1.807, 2.05) is 22.7 Å². The first kappa shape index (κ1) is 74.9. The summed E-state index contributed by atoms with van der Waals surface area (Å²) in [5, 5.41) is 10.5. The molecule has 4 aliphatic rings. The van der Waals surface area contributed by atoms with Crippen LogP contribution in [0.5, 0.6) is 0 Å². The number of hydrogen-bond acceptors (Lipinski definition) is 6. The molecule has 0 amide bonds. The van der Waals surface area contributed by atoms with Gasteiger partial charge in [-0.3, -0.25) is 0 Å². The summed E-state index contributed by atoms with van der Waals surface area (Å²) in [6, 6.07) is 126. The highest BCUT2D eigenvalue weighted by Gasteiger charge is 2.51. The number of nitrogens with zero attached hydrogens (tertiary/aromatic N) is 4. The van der Waals surface area contributed by atoms with Gasteiger partial charge in [-0.25, -0.2) is 0 Å². The molecule has 15 aromatic carbocycles. The van der Waals surface area contributed by atoms with Crippen molar-refractivity contribution < 1.29 is 0 Å². The van der Waals surface area contributed by atoms with Crippen molar-refractivity contribution in [3.05, 3.63) is 384 Å². The normalized spacial score (nSPS) is 14.5. The molecule has 0 fully saturated rings. The van der Waals surface area contributed by atoms with Crippen molar-refractivity contribution in [1.29, 1.82) is 0 Å². The van der Waals surface area contributed by atoms with E-state index in [-0.39, 0.29) is 21.7 Å². The highest BCUT2D eigenvalue weighted by atomic mass is 32.1. The van der Waals surface area contributed by atoms with E-state index < -0.39 is 16.1 Å². The average Bonchev–Trinajstić information content (AvgIpc) is 1.52. The molecule has 0 N–H and O–H groups in total. The molecular formula is C110H98N4S2Si2. The van der Waals surface area contributed by atoms with Crippen LogP contribution in [0.3, 0.4) is 0 Å². The van der Waals surface area contributed by atoms with Gasteiger partial charge in [-0.2, -0.15) is 0 Å². The first-order chi connectivity index (χ1) is 56.8. The molecule has 0 saturated carbocycles. The van der Waals surface area contributed by atoms with Gasteiger partial charge in [0.1, 0.15) is 0 Å². The summed E-state index contributed by atoms with van der Waals surface area (Å²) in [7, 11) is -2.86. The minimum Gasteiger partial charge on any atom is -0.310 e. The quantitative estimate of drug-likeness (QED) is 0.0795. The Balaban J connectivity index is 0.000000152. The van der Waals surface area contributed by atoms with E-state index in [0.717, 1.165) is 22.7 Å². The van der Waals surface area contributed by atoms with Gasteiger partial charge in [0, 0.05) is 109 Å². The summed E-state index contributed by atoms with van der Waals surface area (Å²) < 4.78 is 0. The first-order valence-electron chi connectivity index (χ1n) is 41.8. The lowest BCUT2D eigenvalue weighted by molar-refractivity contribution is 0.603. The van der Waals surface area contributed by atoms with Gasteiger partial charge in [-0.1, -0.05) is 299 Å². The molecule has 8 heteroatoms. The second-order valence-corrected chi connectivity index (χ2v) is 49.1. The Bertz CT molecular complexity index is 6820. The molecule has 17 aromatic rings. The van der Waals surface area contributed by atoms with Crippen molar-refractivity contribution in [3.63, 3.8) is 0 Å². The Hall–Kier alpha value is -11.9. The van der Waals surface area contributed by atoms with Crippen LogP contribution >= 0.6 is 22.7 Å². The van der Waals surface area contributed by atoms with E-state index in [9.17, 15) is 0 Å². The zero-order valence-electron chi connectivity index (χ0n) is 69.9. The number of benzene rings is 15. The van der Waals surface area contributed by atoms with Crippen LogP contribution in [0.25, 0.3) is 74.1 Å². The molecule has 0 atom stereocenters. The zero-order valence-corrected chi connectivity index (χ0v) is 73.6. The Morgan fingerprint density at radius 2 is 0.441 bits per heavy atom. The SMILES string of the molecule is CC1(C)c2cc(N(c3ccccc3)c3ccc([Si](C)(C)C)cc3)ccc2-c2sc3c(c21)C(C)(C)c1cc(N(c2ccccc2)c2ccc4c(ccc5ccccc54)c2)ccc1-3.CC1(C)c2cc(N(c3ccccc3)c3ccc([Si](C)(C)C)cc3)ccc2-c2sc3c(c21)C(C)(C)c1cc(N(c2ccccc2)c2ccc4ccccc4c2)ccc1-3. The van der Waals surface area contributed by atoms with Crippen molar-refractivity contribution in [2.24, 2.45) is 0 Å². The van der Waals surface area contributed by atoms with E-state index in [4.69, 9.17) is 0 Å². The minimum atomic E-state index is -1.43. The maximum atomic E-state index is 2.48. The van der Waals surface area contributed by atoms with E-state index in [0.29, 0.717) is 0 Å². The fourth-order valence-corrected chi connectivity index (χ4v) is 25.6. The van der Waals surface area contributed by atoms with Crippen LogP contribution in [-0.4, -0.2) is 16.1 Å². The standard InChI is InChI=1S/C57H50N2SSi.C53H48N2SSi/c1-56(2)50-35-43(58(39-17-10-8-11-18-39)41-24-29-45(30-25-41)61(5,6)7)27-32-48(50)54-52(56)53-55(60-54)49-33-28-44(36-51(49)57(53,3)4)59(40-19-12-9-13-20-40)42-26-31-47-38(34-42)23-22-37-16-14-15-21-46(37)47;1-52(2)46-33-41(54(37-18-10-8-11-19-37)39-24-28-43(29-25-39)57(5,6)7)26-30-44(46)50-48(52)49-51(56-50)45-31-27-42(34-47(45)53(49,3)4)55(38-20-12-9-13-21-38)40-23-22-35-16-14-15-17-36(35)32-40/h8-36H,1-7H3;8-34H,1-7H3. The molecule has 21 rings (SSSR count). The molecule has 578 valence electrons. The van der Waals surface area contributed by atoms with Crippen molar-refractivity contribution in [2.75, 3.05) is 19.6 Å². The van der Waals surface area contributed by atoms with Crippen molar-refractivity contribution in [2.45, 2.75) is 116 Å². The number of hydrogen-bond donors (Lipinski definition) is 0. The fraction of sp³-hybridized carbons (Fsp3) is 0.164. The first-order valence-corrected chi connectivity index (χ1v) is 50.4. The monoisotopic (exact) mass is 1590 g/mol. The molecule has 0 unspecified atom stereocenters. The summed E-state index contributed by atoms with van der Waals surface area (Å²) in [5.41, 5.74) is 30.5. The van der Waals surface area contributed by atoms with Crippen LogP contribution in [0.1, 0.15) is 99.9 Å². The lowest BCUT2D eigenvalue weighted by Crippen LogP contribution is -2.37. The Labute approximate surface area is 706 Å². The van der Waals surface area contributed by atoms with Crippen LogP contribution < -0.4 is 30.0 Å². The third-order valence-corrected chi connectivity index (χ3v) is 32.7. The van der Waals surface area contributed by atoms with Crippen LogP contribution in [0, 0.1) is 0 Å². The predicted molar refractivity (Wildman–Crippen MR) is 516 cm³/mol. The van der Waals surface area contributed by atoms with Gasteiger partial charge in [-0.15, -0.1) is 22.7 Å². The van der Waals surface area contributed by atoms with E-state index >= 15 is 0 Å². The van der Waals surface area contributed by atoms with Gasteiger partial charge in [0.2, 0.25) is 0 Å². The predicted octanol–water partition coefficient (Wildman–Crippen LogP) is 31.2. The third-order valence-electron chi connectivity index (χ3n) is 26.1. The molecule has 118 heavy (non-hydrogen) atoms. The zero-order chi connectivity index (χ0) is 81.1. The van der Waals surface area contributed by atoms with Gasteiger partial charge in [0.05, 0.1) is 16.1 Å². The van der Waals surface area contributed by atoms with Crippen LogP contribution in [-0.2, 0) is 21.7 Å². The Kier molecular flexibility index (Phi) is 17.7. The highest BCUT2D eigenvalue weighted by Crippen LogP contribution is 2.67. The lowest BCUT2D eigenvalue weighted by atomic mass is 9.74. The number of thiophene rings is 2.